The Morgan fingerprint density at radius 1 is 1.45 bits per heavy atom. The van der Waals surface area contributed by atoms with Gasteiger partial charge in [-0.1, -0.05) is 18.2 Å². The van der Waals surface area contributed by atoms with Gasteiger partial charge in [-0.3, -0.25) is 4.40 Å². The van der Waals surface area contributed by atoms with Gasteiger partial charge in [-0.2, -0.15) is 0 Å². The molecule has 2 aromatic heterocycles. The molecule has 1 aromatic carbocycles. The van der Waals surface area contributed by atoms with Crippen molar-refractivity contribution in [1.29, 1.82) is 0 Å². The van der Waals surface area contributed by atoms with Gasteiger partial charge in [0.05, 0.1) is 5.69 Å². The van der Waals surface area contributed by atoms with Gasteiger partial charge in [-0.25, -0.2) is 4.98 Å². The number of rotatable bonds is 4. The van der Waals surface area contributed by atoms with E-state index in [1.807, 2.05) is 7.05 Å². The van der Waals surface area contributed by atoms with E-state index in [1.165, 1.54) is 14.7 Å². The van der Waals surface area contributed by atoms with E-state index in [9.17, 15) is 0 Å². The highest BCUT2D eigenvalue weighted by molar-refractivity contribution is 14.1. The van der Waals surface area contributed by atoms with E-state index in [1.54, 1.807) is 11.3 Å². The maximum Gasteiger partial charge on any atom is 0.193 e. The molecule has 0 amide bonds. The summed E-state index contributed by atoms with van der Waals surface area (Å²) in [5.41, 5.74) is 3.81. The van der Waals surface area contributed by atoms with Gasteiger partial charge in [-0.15, -0.1) is 11.3 Å². The molecule has 0 radical (unpaired) electrons. The Bertz CT molecular complexity index is 703. The van der Waals surface area contributed by atoms with E-state index in [-0.39, 0.29) is 0 Å². The number of halogens is 1. The van der Waals surface area contributed by atoms with Crippen molar-refractivity contribution >= 4 is 38.9 Å². The fraction of sp³-hybridized carbons (Fsp3) is 0.267. The molecule has 3 rings (SSSR count). The number of hydrogen-bond acceptors (Lipinski definition) is 3. The van der Waals surface area contributed by atoms with Crippen LogP contribution in [0.3, 0.4) is 0 Å². The summed E-state index contributed by atoms with van der Waals surface area (Å²) in [5.74, 6) is 0. The smallest absolute Gasteiger partial charge is 0.193 e. The van der Waals surface area contributed by atoms with Crippen LogP contribution in [-0.2, 0) is 6.42 Å². The molecule has 3 nitrogen and oxygen atoms in total. The van der Waals surface area contributed by atoms with Gasteiger partial charge in [0.1, 0.15) is 0 Å². The van der Waals surface area contributed by atoms with Crippen LogP contribution in [0.25, 0.3) is 4.96 Å². The molecular weight excluding hydrogens is 381 g/mol. The second-order valence-electron chi connectivity index (χ2n) is 4.85. The van der Waals surface area contributed by atoms with Crippen molar-refractivity contribution in [2.75, 3.05) is 7.05 Å². The highest BCUT2D eigenvalue weighted by Crippen LogP contribution is 2.26. The lowest BCUT2D eigenvalue weighted by Crippen LogP contribution is -2.20. The van der Waals surface area contributed by atoms with Crippen LogP contribution in [0.15, 0.2) is 36.0 Å². The summed E-state index contributed by atoms with van der Waals surface area (Å²) in [6.45, 7) is 2.16. The van der Waals surface area contributed by atoms with Gasteiger partial charge < -0.3 is 5.32 Å². The summed E-state index contributed by atoms with van der Waals surface area (Å²) in [7, 11) is 2.02. The number of nitrogens with zero attached hydrogens (tertiary/aromatic N) is 2. The molecule has 5 heteroatoms. The molecule has 0 saturated heterocycles. The molecule has 0 aliphatic heterocycles. The Kier molecular flexibility index (Phi) is 4.09. The second-order valence-corrected chi connectivity index (χ2v) is 6.80. The topological polar surface area (TPSA) is 29.3 Å². The molecular formula is C15H16IN3S. The molecule has 1 atom stereocenters. The number of hydrogen-bond donors (Lipinski definition) is 1. The number of benzene rings is 1. The van der Waals surface area contributed by atoms with E-state index in [0.717, 1.165) is 17.1 Å². The first-order valence-electron chi connectivity index (χ1n) is 6.52. The molecule has 0 saturated carbocycles. The number of likely N-dealkylation sites (N-methyl/N-ethyl adjacent to an activating group) is 1. The monoisotopic (exact) mass is 397 g/mol. The van der Waals surface area contributed by atoms with Crippen molar-refractivity contribution in [3.8, 4) is 0 Å². The van der Waals surface area contributed by atoms with E-state index in [4.69, 9.17) is 0 Å². The second kappa shape index (κ2) is 5.83. The zero-order valence-electron chi connectivity index (χ0n) is 11.4. The minimum absolute atomic E-state index is 0.298. The third-order valence-corrected chi connectivity index (χ3v) is 5.75. The minimum atomic E-state index is 0.298. The minimum Gasteiger partial charge on any atom is -0.313 e. The molecule has 0 fully saturated rings. The Balaban J connectivity index is 1.90. The number of aromatic nitrogens is 2. The van der Waals surface area contributed by atoms with Crippen molar-refractivity contribution in [3.63, 3.8) is 0 Å². The summed E-state index contributed by atoms with van der Waals surface area (Å²) in [4.78, 5) is 5.74. The van der Waals surface area contributed by atoms with E-state index in [2.05, 4.69) is 80.2 Å². The third kappa shape index (κ3) is 2.62. The summed E-state index contributed by atoms with van der Waals surface area (Å²) >= 11 is 4.11. The SMILES string of the molecule is CNC(Cc1cn2ccsc2n1)c1cccc(C)c1I. The number of thiazole rings is 1. The van der Waals surface area contributed by atoms with Crippen LogP contribution in [0.5, 0.6) is 0 Å². The molecule has 104 valence electrons. The Hall–Kier alpha value is -0.920. The normalized spacial score (nSPS) is 12.9. The third-order valence-electron chi connectivity index (χ3n) is 3.50. The maximum absolute atomic E-state index is 4.68. The largest absolute Gasteiger partial charge is 0.313 e. The van der Waals surface area contributed by atoms with Gasteiger partial charge >= 0.3 is 0 Å². The lowest BCUT2D eigenvalue weighted by atomic mass is 10.0. The summed E-state index contributed by atoms with van der Waals surface area (Å²) in [6.07, 6.45) is 5.09. The van der Waals surface area contributed by atoms with Crippen molar-refractivity contribution in [2.45, 2.75) is 19.4 Å². The van der Waals surface area contributed by atoms with E-state index in [0.29, 0.717) is 6.04 Å². The summed E-state index contributed by atoms with van der Waals surface area (Å²) in [5, 5.41) is 5.48. The fourth-order valence-corrected chi connectivity index (χ4v) is 3.84. The molecule has 0 aliphatic carbocycles. The number of nitrogens with one attached hydrogen (secondary N) is 1. The molecule has 2 heterocycles. The van der Waals surface area contributed by atoms with Gasteiger partial charge in [0, 0.05) is 33.8 Å². The predicted molar refractivity (Wildman–Crippen MR) is 92.5 cm³/mol. The molecule has 0 aliphatic rings. The highest BCUT2D eigenvalue weighted by Gasteiger charge is 2.16. The maximum atomic E-state index is 4.68. The van der Waals surface area contributed by atoms with Crippen molar-refractivity contribution in [1.82, 2.24) is 14.7 Å². The van der Waals surface area contributed by atoms with Gasteiger partial charge in [0.15, 0.2) is 4.96 Å². The Labute approximate surface area is 136 Å². The average Bonchev–Trinajstić information content (AvgIpc) is 3.00. The highest BCUT2D eigenvalue weighted by atomic mass is 127. The van der Waals surface area contributed by atoms with Crippen molar-refractivity contribution < 1.29 is 0 Å². The first-order chi connectivity index (χ1) is 9.69. The molecule has 1 N–H and O–H groups in total. The van der Waals surface area contributed by atoms with Crippen molar-refractivity contribution in [2.24, 2.45) is 0 Å². The standard InChI is InChI=1S/C15H16IN3S/c1-10-4-3-5-12(14(10)16)13(17-2)8-11-9-19-6-7-20-15(19)18-11/h3-7,9,13,17H,8H2,1-2H3. The fourth-order valence-electron chi connectivity index (χ4n) is 2.39. The molecule has 0 bridgehead atoms. The Morgan fingerprint density at radius 2 is 2.30 bits per heavy atom. The molecule has 1 unspecified atom stereocenters. The average molecular weight is 397 g/mol. The van der Waals surface area contributed by atoms with Crippen LogP contribution in [0, 0.1) is 10.5 Å². The lowest BCUT2D eigenvalue weighted by molar-refractivity contribution is 0.583. The van der Waals surface area contributed by atoms with Crippen molar-refractivity contribution in [3.05, 3.63) is 56.4 Å². The zero-order valence-corrected chi connectivity index (χ0v) is 14.4. The number of imidazole rings is 1. The van der Waals surface area contributed by atoms with Crippen LogP contribution in [0.2, 0.25) is 0 Å². The number of aryl methyl sites for hydroxylation is 1. The Morgan fingerprint density at radius 3 is 3.05 bits per heavy atom. The number of fused-ring (bicyclic) bond motifs is 1. The van der Waals surface area contributed by atoms with Crippen LogP contribution < -0.4 is 5.32 Å². The molecule has 3 aromatic rings. The van der Waals surface area contributed by atoms with E-state index >= 15 is 0 Å². The molecule has 0 spiro atoms. The van der Waals surface area contributed by atoms with Crippen LogP contribution in [0.4, 0.5) is 0 Å². The van der Waals surface area contributed by atoms with Gasteiger partial charge in [-0.05, 0) is 47.7 Å². The van der Waals surface area contributed by atoms with Gasteiger partial charge in [0.25, 0.3) is 0 Å². The summed E-state index contributed by atoms with van der Waals surface area (Å²) in [6, 6.07) is 6.79. The van der Waals surface area contributed by atoms with Crippen LogP contribution in [0.1, 0.15) is 22.9 Å². The predicted octanol–water partition coefficient (Wildman–Crippen LogP) is 3.81. The lowest BCUT2D eigenvalue weighted by Gasteiger charge is -2.18. The first kappa shape index (κ1) is 14.0. The quantitative estimate of drug-likeness (QED) is 0.679. The van der Waals surface area contributed by atoms with E-state index < -0.39 is 0 Å². The van der Waals surface area contributed by atoms with Crippen LogP contribution in [-0.4, -0.2) is 16.4 Å². The summed E-state index contributed by atoms with van der Waals surface area (Å²) < 4.78 is 3.43. The van der Waals surface area contributed by atoms with Gasteiger partial charge in [0.2, 0.25) is 0 Å². The first-order valence-corrected chi connectivity index (χ1v) is 8.48. The van der Waals surface area contributed by atoms with Crippen LogP contribution >= 0.6 is 33.9 Å². The zero-order chi connectivity index (χ0) is 14.1. The molecule has 20 heavy (non-hydrogen) atoms.